The Kier molecular flexibility index (Phi) is 5.62. The van der Waals surface area contributed by atoms with Gasteiger partial charge in [0, 0.05) is 0 Å². The van der Waals surface area contributed by atoms with Crippen LogP contribution in [0.4, 0.5) is 0 Å². The van der Waals surface area contributed by atoms with Crippen LogP contribution in [-0.2, 0) is 22.0 Å². The Labute approximate surface area is 97.8 Å². The highest BCUT2D eigenvalue weighted by Crippen LogP contribution is 2.07. The Balaban J connectivity index is 2.28. The molecule has 0 saturated heterocycles. The number of aliphatic hydroxyl groups excluding tert-OH is 1. The molecule has 0 aliphatic rings. The van der Waals surface area contributed by atoms with Crippen LogP contribution in [-0.4, -0.2) is 26.6 Å². The van der Waals surface area contributed by atoms with Crippen LogP contribution in [0.5, 0.6) is 0 Å². The van der Waals surface area contributed by atoms with Gasteiger partial charge in [0.1, 0.15) is 0 Å². The summed E-state index contributed by atoms with van der Waals surface area (Å²) in [6.07, 6.45) is 0.440. The van der Waals surface area contributed by atoms with Gasteiger partial charge in [-0.25, -0.2) is 4.21 Å². The standard InChI is InChI=1S/C11H16O4S/c1-9-2-4-10(5-3-9)6-7-11(12)8-15-16(13)14/h2-5,11-12H,6-8H2,1H3,(H,13,14)/p-1. The van der Waals surface area contributed by atoms with Gasteiger partial charge in [-0.2, -0.15) is 0 Å². The van der Waals surface area contributed by atoms with Gasteiger partial charge in [-0.3, -0.25) is 4.18 Å². The van der Waals surface area contributed by atoms with E-state index in [1.54, 1.807) is 0 Å². The third kappa shape index (κ3) is 5.37. The van der Waals surface area contributed by atoms with E-state index in [1.807, 2.05) is 31.2 Å². The highest BCUT2D eigenvalue weighted by molar-refractivity contribution is 7.74. The maximum Gasteiger partial charge on any atom is 0.0888 e. The van der Waals surface area contributed by atoms with Crippen LogP contribution in [0.15, 0.2) is 24.3 Å². The minimum Gasteiger partial charge on any atom is -0.750 e. The molecular weight excluding hydrogens is 228 g/mol. The minimum atomic E-state index is -2.55. The van der Waals surface area contributed by atoms with Crippen molar-refractivity contribution < 1.29 is 18.1 Å². The van der Waals surface area contributed by atoms with E-state index in [0.717, 1.165) is 5.56 Å². The summed E-state index contributed by atoms with van der Waals surface area (Å²) in [5.74, 6) is 0. The highest BCUT2D eigenvalue weighted by atomic mass is 32.2. The zero-order chi connectivity index (χ0) is 12.0. The Bertz CT molecular complexity index is 336. The first-order chi connectivity index (χ1) is 7.58. The molecule has 0 bridgehead atoms. The van der Waals surface area contributed by atoms with Crippen LogP contribution in [0.1, 0.15) is 17.5 Å². The maximum atomic E-state index is 10.1. The lowest BCUT2D eigenvalue weighted by atomic mass is 10.1. The molecule has 0 radical (unpaired) electrons. The number of aryl methyl sites for hydroxylation is 2. The first kappa shape index (κ1) is 13.3. The van der Waals surface area contributed by atoms with Gasteiger partial charge in [-0.1, -0.05) is 29.8 Å². The van der Waals surface area contributed by atoms with Crippen molar-refractivity contribution >= 4 is 11.4 Å². The molecule has 0 aliphatic heterocycles. The molecule has 1 aromatic carbocycles. The third-order valence-electron chi connectivity index (χ3n) is 2.24. The molecule has 0 aromatic heterocycles. The molecule has 0 aliphatic carbocycles. The van der Waals surface area contributed by atoms with Crippen molar-refractivity contribution in [1.82, 2.24) is 0 Å². The van der Waals surface area contributed by atoms with Gasteiger partial charge in [-0.05, 0) is 25.3 Å². The molecule has 0 saturated carbocycles. The van der Waals surface area contributed by atoms with Crippen molar-refractivity contribution in [2.45, 2.75) is 25.9 Å². The van der Waals surface area contributed by atoms with E-state index in [1.165, 1.54) is 5.56 Å². The fourth-order valence-corrected chi connectivity index (χ4v) is 1.57. The summed E-state index contributed by atoms with van der Waals surface area (Å²) in [6.45, 7) is 1.83. The zero-order valence-corrected chi connectivity index (χ0v) is 9.90. The van der Waals surface area contributed by atoms with Crippen molar-refractivity contribution in [3.8, 4) is 0 Å². The average Bonchev–Trinajstić information content (AvgIpc) is 2.25. The van der Waals surface area contributed by atoms with Gasteiger partial charge in [0.15, 0.2) is 0 Å². The molecule has 0 spiro atoms. The topological polar surface area (TPSA) is 69.6 Å². The maximum absolute atomic E-state index is 10.1. The molecule has 0 heterocycles. The predicted octanol–water partition coefficient (Wildman–Crippen LogP) is 1.10. The van der Waals surface area contributed by atoms with Crippen LogP contribution in [0.3, 0.4) is 0 Å². The highest BCUT2D eigenvalue weighted by Gasteiger charge is 2.05. The molecule has 5 heteroatoms. The van der Waals surface area contributed by atoms with Crippen LogP contribution in [0, 0.1) is 6.92 Å². The van der Waals surface area contributed by atoms with Gasteiger partial charge in [0.25, 0.3) is 0 Å². The molecule has 1 N–H and O–H groups in total. The summed E-state index contributed by atoms with van der Waals surface area (Å²) < 4.78 is 24.4. The summed E-state index contributed by atoms with van der Waals surface area (Å²) in [6, 6.07) is 8.00. The van der Waals surface area contributed by atoms with Gasteiger partial charge >= 0.3 is 0 Å². The van der Waals surface area contributed by atoms with Crippen molar-refractivity contribution in [2.75, 3.05) is 6.61 Å². The fourth-order valence-electron chi connectivity index (χ4n) is 1.31. The number of benzene rings is 1. The van der Waals surface area contributed by atoms with E-state index in [2.05, 4.69) is 4.18 Å². The molecule has 2 unspecified atom stereocenters. The summed E-state index contributed by atoms with van der Waals surface area (Å²) in [7, 11) is 0. The van der Waals surface area contributed by atoms with E-state index >= 15 is 0 Å². The summed E-state index contributed by atoms with van der Waals surface area (Å²) >= 11 is -2.55. The van der Waals surface area contributed by atoms with Gasteiger partial charge < -0.3 is 9.66 Å². The van der Waals surface area contributed by atoms with Crippen molar-refractivity contribution in [2.24, 2.45) is 0 Å². The van der Waals surface area contributed by atoms with Crippen molar-refractivity contribution in [3.63, 3.8) is 0 Å². The fraction of sp³-hybridized carbons (Fsp3) is 0.455. The second kappa shape index (κ2) is 6.75. The summed E-state index contributed by atoms with van der Waals surface area (Å²) in [4.78, 5) is 0. The van der Waals surface area contributed by atoms with E-state index < -0.39 is 17.5 Å². The number of hydrogen-bond donors (Lipinski definition) is 1. The predicted molar refractivity (Wildman–Crippen MR) is 60.4 cm³/mol. The molecule has 1 rings (SSSR count). The Morgan fingerprint density at radius 2 is 2.06 bits per heavy atom. The Hall–Kier alpha value is -0.750. The number of rotatable bonds is 6. The molecule has 16 heavy (non-hydrogen) atoms. The quantitative estimate of drug-likeness (QED) is 0.759. The van der Waals surface area contributed by atoms with Gasteiger partial charge in [0.2, 0.25) is 0 Å². The Morgan fingerprint density at radius 3 is 2.62 bits per heavy atom. The largest absolute Gasteiger partial charge is 0.750 e. The normalized spacial score (nSPS) is 14.7. The lowest BCUT2D eigenvalue weighted by Crippen LogP contribution is -2.16. The summed E-state index contributed by atoms with van der Waals surface area (Å²) in [5, 5.41) is 9.42. The second-order valence-corrected chi connectivity index (χ2v) is 4.31. The zero-order valence-electron chi connectivity index (χ0n) is 9.09. The van der Waals surface area contributed by atoms with Crippen molar-refractivity contribution in [1.29, 1.82) is 0 Å². The first-order valence-corrected chi connectivity index (χ1v) is 6.04. The number of hydrogen-bond acceptors (Lipinski definition) is 4. The smallest absolute Gasteiger partial charge is 0.0888 e. The average molecular weight is 243 g/mol. The minimum absolute atomic E-state index is 0.179. The molecule has 2 atom stereocenters. The third-order valence-corrected chi connectivity index (χ3v) is 2.57. The van der Waals surface area contributed by atoms with Crippen LogP contribution >= 0.6 is 0 Å². The molecule has 0 amide bonds. The monoisotopic (exact) mass is 243 g/mol. The van der Waals surface area contributed by atoms with E-state index in [0.29, 0.717) is 12.8 Å². The molecule has 1 aromatic rings. The molecule has 90 valence electrons. The SMILES string of the molecule is Cc1ccc(CCC(O)COS(=O)[O-])cc1. The van der Waals surface area contributed by atoms with E-state index in [9.17, 15) is 13.9 Å². The van der Waals surface area contributed by atoms with Crippen LogP contribution in [0.25, 0.3) is 0 Å². The van der Waals surface area contributed by atoms with E-state index in [4.69, 9.17) is 0 Å². The second-order valence-electron chi connectivity index (χ2n) is 3.67. The molecule has 4 nitrogen and oxygen atoms in total. The summed E-state index contributed by atoms with van der Waals surface area (Å²) in [5.41, 5.74) is 2.31. The van der Waals surface area contributed by atoms with Crippen molar-refractivity contribution in [3.05, 3.63) is 35.4 Å². The lowest BCUT2D eigenvalue weighted by molar-refractivity contribution is 0.101. The molecular formula is C11H15O4S-. The first-order valence-electron chi connectivity index (χ1n) is 5.04. The van der Waals surface area contributed by atoms with Crippen LogP contribution in [0.2, 0.25) is 0 Å². The molecule has 0 fully saturated rings. The lowest BCUT2D eigenvalue weighted by Gasteiger charge is -2.11. The van der Waals surface area contributed by atoms with Gasteiger partial charge in [0.05, 0.1) is 24.1 Å². The van der Waals surface area contributed by atoms with E-state index in [-0.39, 0.29) is 6.61 Å². The van der Waals surface area contributed by atoms with Crippen LogP contribution < -0.4 is 0 Å². The number of aliphatic hydroxyl groups is 1. The van der Waals surface area contributed by atoms with Gasteiger partial charge in [-0.15, -0.1) is 0 Å². The Morgan fingerprint density at radius 1 is 1.44 bits per heavy atom.